The summed E-state index contributed by atoms with van der Waals surface area (Å²) in [4.78, 5) is 39.6. The minimum absolute atomic E-state index is 0.0168. The lowest BCUT2D eigenvalue weighted by atomic mass is 10.0. The van der Waals surface area contributed by atoms with E-state index in [0.717, 1.165) is 54.9 Å². The average molecular weight is 533 g/mol. The van der Waals surface area contributed by atoms with Gasteiger partial charge in [-0.2, -0.15) is 4.83 Å². The van der Waals surface area contributed by atoms with Crippen molar-refractivity contribution in [1.29, 1.82) is 0 Å². The largest absolute Gasteiger partial charge is 0.332 e. The maximum absolute atomic E-state index is 13.4. The van der Waals surface area contributed by atoms with Crippen molar-refractivity contribution in [3.05, 3.63) is 86.8 Å². The van der Waals surface area contributed by atoms with E-state index in [1.54, 1.807) is 11.3 Å². The number of amides is 2. The molecule has 37 heavy (non-hydrogen) atoms. The highest BCUT2D eigenvalue weighted by atomic mass is 32.2. The zero-order chi connectivity index (χ0) is 25.4. The van der Waals surface area contributed by atoms with Crippen LogP contribution in [0.1, 0.15) is 61.3 Å². The Balaban J connectivity index is 1.16. The monoisotopic (exact) mass is 532 g/mol. The van der Waals surface area contributed by atoms with Crippen LogP contribution in [0.25, 0.3) is 5.70 Å². The van der Waals surface area contributed by atoms with Crippen LogP contribution in [0.5, 0.6) is 0 Å². The number of fused-ring (bicyclic) bond motifs is 1. The topological polar surface area (TPSA) is 89.6 Å². The zero-order valence-corrected chi connectivity index (χ0v) is 22.1. The molecule has 1 saturated heterocycles. The normalized spacial score (nSPS) is 19.3. The standard InChI is InChI=1S/C27H28N6O2S2/c1-32-13-11-21-24(15-32)37-27(28-21)29-25(34)20-5-2-4-19(14-20)23-6-3-12-33(23)26(35)18-9-7-17(8-10-18)22-16-36-31-30-22/h2,4-5,7-10,14,16,23,30-31H,3,6,11-13,15H2,1H3,(H,28,29,34)/t23-/m1/s1. The van der Waals surface area contributed by atoms with Gasteiger partial charge in [0.1, 0.15) is 0 Å². The van der Waals surface area contributed by atoms with Crippen LogP contribution in [0.3, 0.4) is 0 Å². The Morgan fingerprint density at radius 3 is 2.78 bits per heavy atom. The second kappa shape index (κ2) is 10.3. The molecule has 1 atom stereocenters. The summed E-state index contributed by atoms with van der Waals surface area (Å²) < 4.78 is 0. The lowest BCUT2D eigenvalue weighted by Crippen LogP contribution is -2.30. The number of nitrogens with one attached hydrogen (secondary N) is 3. The first-order valence-electron chi connectivity index (χ1n) is 12.4. The number of thiazole rings is 1. The first kappa shape index (κ1) is 24.2. The molecule has 0 aliphatic carbocycles. The number of carbonyl (C=O) groups excluding carboxylic acids is 2. The van der Waals surface area contributed by atoms with E-state index in [1.807, 2.05) is 58.8 Å². The van der Waals surface area contributed by atoms with Gasteiger partial charge in [0.15, 0.2) is 5.13 Å². The molecule has 0 saturated carbocycles. The van der Waals surface area contributed by atoms with Gasteiger partial charge in [0.25, 0.3) is 11.8 Å². The number of hydrazine groups is 1. The summed E-state index contributed by atoms with van der Waals surface area (Å²) in [7, 11) is 2.10. The van der Waals surface area contributed by atoms with Gasteiger partial charge in [0.05, 0.1) is 17.4 Å². The first-order chi connectivity index (χ1) is 18.0. The van der Waals surface area contributed by atoms with Crippen LogP contribution >= 0.6 is 23.3 Å². The van der Waals surface area contributed by atoms with E-state index in [0.29, 0.717) is 22.8 Å². The number of anilines is 1. The summed E-state index contributed by atoms with van der Waals surface area (Å²) in [6.45, 7) is 2.56. The number of benzene rings is 2. The minimum Gasteiger partial charge on any atom is -0.332 e. The second-order valence-electron chi connectivity index (χ2n) is 9.57. The fourth-order valence-corrected chi connectivity index (χ4v) is 6.71. The molecule has 3 aromatic rings. The van der Waals surface area contributed by atoms with Gasteiger partial charge in [0.2, 0.25) is 0 Å². The van der Waals surface area contributed by atoms with Crippen molar-refractivity contribution < 1.29 is 9.59 Å². The highest BCUT2D eigenvalue weighted by Gasteiger charge is 2.31. The number of hydrogen-bond acceptors (Lipinski definition) is 8. The quantitative estimate of drug-likeness (QED) is 0.419. The maximum Gasteiger partial charge on any atom is 0.257 e. The van der Waals surface area contributed by atoms with Crippen molar-refractivity contribution >= 4 is 45.9 Å². The summed E-state index contributed by atoms with van der Waals surface area (Å²) in [5.74, 6) is -0.154. The predicted octanol–water partition coefficient (Wildman–Crippen LogP) is 4.42. The fraction of sp³-hybridized carbons (Fsp3) is 0.296. The molecule has 3 N–H and O–H groups in total. The SMILES string of the molecule is CN1CCc2nc(NC(=O)c3cccc([C@H]4CCCN4C(=O)c4ccc(C5=CSNN5)cc4)c3)sc2C1. The van der Waals surface area contributed by atoms with Crippen LogP contribution in [0.2, 0.25) is 0 Å². The van der Waals surface area contributed by atoms with Crippen molar-refractivity contribution in [2.75, 3.05) is 25.5 Å². The molecular formula is C27H28N6O2S2. The minimum atomic E-state index is -0.171. The molecule has 190 valence electrons. The van der Waals surface area contributed by atoms with Crippen LogP contribution in [0.15, 0.2) is 53.9 Å². The molecule has 2 aromatic carbocycles. The number of hydrogen-bond donors (Lipinski definition) is 3. The molecule has 0 unspecified atom stereocenters. The molecule has 4 heterocycles. The number of rotatable bonds is 5. The molecule has 0 radical (unpaired) electrons. The molecule has 3 aliphatic rings. The number of aromatic nitrogens is 1. The van der Waals surface area contributed by atoms with Crippen LogP contribution < -0.4 is 15.6 Å². The van der Waals surface area contributed by atoms with Crippen LogP contribution in [0.4, 0.5) is 5.13 Å². The first-order valence-corrected chi connectivity index (χ1v) is 14.1. The van der Waals surface area contributed by atoms with E-state index in [9.17, 15) is 9.59 Å². The van der Waals surface area contributed by atoms with Crippen LogP contribution in [-0.2, 0) is 13.0 Å². The van der Waals surface area contributed by atoms with Crippen molar-refractivity contribution in [2.24, 2.45) is 0 Å². The Kier molecular flexibility index (Phi) is 6.72. The molecule has 0 spiro atoms. The second-order valence-corrected chi connectivity index (χ2v) is 11.3. The zero-order valence-electron chi connectivity index (χ0n) is 20.5. The molecule has 3 aliphatic heterocycles. The van der Waals surface area contributed by atoms with E-state index in [4.69, 9.17) is 0 Å². The molecule has 6 rings (SSSR count). The third-order valence-corrected chi connectivity index (χ3v) is 8.63. The maximum atomic E-state index is 13.4. The molecule has 0 bridgehead atoms. The fourth-order valence-electron chi connectivity index (χ4n) is 5.09. The van der Waals surface area contributed by atoms with Crippen LogP contribution in [0, 0.1) is 0 Å². The number of likely N-dealkylation sites (tertiary alicyclic amines) is 1. The number of nitrogens with zero attached hydrogens (tertiary/aromatic N) is 3. The Morgan fingerprint density at radius 1 is 1.11 bits per heavy atom. The van der Waals surface area contributed by atoms with E-state index in [2.05, 4.69) is 32.5 Å². The van der Waals surface area contributed by atoms with Gasteiger partial charge in [-0.05, 0) is 67.2 Å². The van der Waals surface area contributed by atoms with Gasteiger partial charge in [-0.25, -0.2) is 4.98 Å². The van der Waals surface area contributed by atoms with Crippen molar-refractivity contribution in [2.45, 2.75) is 31.8 Å². The number of likely N-dealkylation sites (N-methyl/N-ethyl adjacent to an activating group) is 1. The molecule has 1 aromatic heterocycles. The van der Waals surface area contributed by atoms with E-state index < -0.39 is 0 Å². The smallest absolute Gasteiger partial charge is 0.257 e. The van der Waals surface area contributed by atoms with Crippen LogP contribution in [-0.4, -0.2) is 46.7 Å². The molecule has 1 fully saturated rings. The average Bonchev–Trinajstić information content (AvgIpc) is 3.69. The van der Waals surface area contributed by atoms with E-state index in [1.165, 1.54) is 16.8 Å². The summed E-state index contributed by atoms with van der Waals surface area (Å²) in [6.07, 6.45) is 2.72. The highest BCUT2D eigenvalue weighted by molar-refractivity contribution is 8.00. The molecule has 8 nitrogen and oxygen atoms in total. The lowest BCUT2D eigenvalue weighted by Gasteiger charge is -2.25. The summed E-state index contributed by atoms with van der Waals surface area (Å²) in [6, 6.07) is 15.3. The van der Waals surface area contributed by atoms with E-state index in [-0.39, 0.29) is 17.9 Å². The van der Waals surface area contributed by atoms with Crippen molar-refractivity contribution in [3.8, 4) is 0 Å². The summed E-state index contributed by atoms with van der Waals surface area (Å²) in [5, 5.41) is 5.64. The van der Waals surface area contributed by atoms with Gasteiger partial charge in [0, 0.05) is 47.5 Å². The van der Waals surface area contributed by atoms with Gasteiger partial charge in [-0.15, -0.1) is 11.3 Å². The van der Waals surface area contributed by atoms with Crippen molar-refractivity contribution in [3.63, 3.8) is 0 Å². The van der Waals surface area contributed by atoms with Crippen molar-refractivity contribution in [1.82, 2.24) is 25.0 Å². The Morgan fingerprint density at radius 2 is 1.97 bits per heavy atom. The van der Waals surface area contributed by atoms with Gasteiger partial charge < -0.3 is 15.2 Å². The summed E-state index contributed by atoms with van der Waals surface area (Å²) >= 11 is 3.04. The molecule has 10 heteroatoms. The summed E-state index contributed by atoms with van der Waals surface area (Å²) in [5.41, 5.74) is 8.43. The Bertz CT molecular complexity index is 1370. The molecular weight excluding hydrogens is 504 g/mol. The van der Waals surface area contributed by atoms with E-state index >= 15 is 0 Å². The third kappa shape index (κ3) is 5.02. The third-order valence-electron chi connectivity index (χ3n) is 7.05. The highest BCUT2D eigenvalue weighted by Crippen LogP contribution is 2.34. The Labute approximate surface area is 224 Å². The Hall–Kier alpha value is -3.18. The van der Waals surface area contributed by atoms with Gasteiger partial charge in [-0.1, -0.05) is 24.3 Å². The van der Waals surface area contributed by atoms with Gasteiger partial charge in [-0.3, -0.25) is 14.9 Å². The number of carbonyl (C=O) groups is 2. The predicted molar refractivity (Wildman–Crippen MR) is 148 cm³/mol. The molecule has 2 amide bonds. The lowest BCUT2D eigenvalue weighted by molar-refractivity contribution is 0.0735. The van der Waals surface area contributed by atoms with Gasteiger partial charge >= 0.3 is 0 Å².